The SMILES string of the molecule is C=C.C=C/C(N)=C\C. The molecule has 0 aromatic carbocycles. The highest BCUT2D eigenvalue weighted by atomic mass is 14.5. The van der Waals surface area contributed by atoms with Crippen molar-refractivity contribution in [1.29, 1.82) is 0 Å². The van der Waals surface area contributed by atoms with Gasteiger partial charge >= 0.3 is 0 Å². The number of hydrogen-bond acceptors (Lipinski definition) is 1. The highest BCUT2D eigenvalue weighted by Crippen LogP contribution is 1.78. The van der Waals surface area contributed by atoms with Crippen LogP contribution in [-0.2, 0) is 0 Å². The van der Waals surface area contributed by atoms with Crippen molar-refractivity contribution in [2.75, 3.05) is 0 Å². The first-order chi connectivity index (χ1) is 3.81. The van der Waals surface area contributed by atoms with Crippen LogP contribution in [0.25, 0.3) is 0 Å². The van der Waals surface area contributed by atoms with Crippen LogP contribution in [0.2, 0.25) is 0 Å². The van der Waals surface area contributed by atoms with Gasteiger partial charge in [0.15, 0.2) is 0 Å². The standard InChI is InChI=1S/C5H9N.C2H4/c1-3-5(6)4-2;1-2/h3-4H,1,6H2,2H3;1-2H2/b5-4+;. The monoisotopic (exact) mass is 111 g/mol. The van der Waals surface area contributed by atoms with E-state index in [1.807, 2.05) is 6.92 Å². The first-order valence-corrected chi connectivity index (χ1v) is 2.35. The van der Waals surface area contributed by atoms with Gasteiger partial charge in [0.25, 0.3) is 0 Å². The molecule has 0 rings (SSSR count). The summed E-state index contributed by atoms with van der Waals surface area (Å²) >= 11 is 0. The van der Waals surface area contributed by atoms with Crippen molar-refractivity contribution in [2.45, 2.75) is 6.92 Å². The molecule has 8 heavy (non-hydrogen) atoms. The zero-order valence-electron chi connectivity index (χ0n) is 5.35. The van der Waals surface area contributed by atoms with Crippen LogP contribution in [0.4, 0.5) is 0 Å². The predicted molar refractivity (Wildman–Crippen MR) is 39.4 cm³/mol. The molecule has 0 atom stereocenters. The Morgan fingerprint density at radius 1 is 1.50 bits per heavy atom. The number of rotatable bonds is 1. The lowest BCUT2D eigenvalue weighted by Gasteiger charge is -1.80. The fourth-order valence-corrected chi connectivity index (χ4v) is 0.118. The number of nitrogens with two attached hydrogens (primary N) is 1. The van der Waals surface area contributed by atoms with Crippen LogP contribution in [-0.4, -0.2) is 0 Å². The summed E-state index contributed by atoms with van der Waals surface area (Å²) in [5.74, 6) is 0. The van der Waals surface area contributed by atoms with Crippen LogP contribution < -0.4 is 5.73 Å². The van der Waals surface area contributed by atoms with E-state index in [1.165, 1.54) is 0 Å². The molecule has 0 radical (unpaired) electrons. The average Bonchev–Trinajstić information content (AvgIpc) is 1.91. The van der Waals surface area contributed by atoms with E-state index in [0.29, 0.717) is 0 Å². The zero-order chi connectivity index (χ0) is 6.99. The third-order valence-corrected chi connectivity index (χ3v) is 0.569. The first-order valence-electron chi connectivity index (χ1n) is 2.35. The number of hydrogen-bond donors (Lipinski definition) is 1. The summed E-state index contributed by atoms with van der Waals surface area (Å²) in [5.41, 5.74) is 5.95. The van der Waals surface area contributed by atoms with Gasteiger partial charge in [-0.05, 0) is 13.0 Å². The average molecular weight is 111 g/mol. The number of allylic oxidation sites excluding steroid dienone is 2. The Balaban J connectivity index is 0. The van der Waals surface area contributed by atoms with Crippen molar-refractivity contribution < 1.29 is 0 Å². The molecule has 0 aliphatic heterocycles. The second-order valence-corrected chi connectivity index (χ2v) is 0.993. The summed E-state index contributed by atoms with van der Waals surface area (Å²) in [6, 6.07) is 0. The summed E-state index contributed by atoms with van der Waals surface area (Å²) in [7, 11) is 0. The fourth-order valence-electron chi connectivity index (χ4n) is 0.118. The van der Waals surface area contributed by atoms with Crippen molar-refractivity contribution in [3.05, 3.63) is 37.6 Å². The molecule has 0 aromatic heterocycles. The van der Waals surface area contributed by atoms with Crippen molar-refractivity contribution in [3.63, 3.8) is 0 Å². The maximum Gasteiger partial charge on any atom is 0.0264 e. The van der Waals surface area contributed by atoms with Gasteiger partial charge in [-0.2, -0.15) is 0 Å². The van der Waals surface area contributed by atoms with Gasteiger partial charge in [0.1, 0.15) is 0 Å². The van der Waals surface area contributed by atoms with E-state index in [1.54, 1.807) is 12.2 Å². The van der Waals surface area contributed by atoms with Gasteiger partial charge in [-0.1, -0.05) is 12.7 Å². The summed E-state index contributed by atoms with van der Waals surface area (Å²) in [6.07, 6.45) is 3.41. The third kappa shape index (κ3) is 8.89. The molecule has 46 valence electrons. The second kappa shape index (κ2) is 9.39. The Labute approximate surface area is 51.2 Å². The maximum atomic E-state index is 5.22. The van der Waals surface area contributed by atoms with Crippen molar-refractivity contribution in [1.82, 2.24) is 0 Å². The van der Waals surface area contributed by atoms with E-state index < -0.39 is 0 Å². The lowest BCUT2D eigenvalue weighted by molar-refractivity contribution is 1.40. The lowest BCUT2D eigenvalue weighted by Crippen LogP contribution is -1.88. The maximum absolute atomic E-state index is 5.22. The largest absolute Gasteiger partial charge is 0.399 e. The van der Waals surface area contributed by atoms with Crippen LogP contribution in [0.1, 0.15) is 6.92 Å². The Morgan fingerprint density at radius 2 is 1.88 bits per heavy atom. The minimum absolute atomic E-state index is 0.731. The van der Waals surface area contributed by atoms with E-state index in [9.17, 15) is 0 Å². The van der Waals surface area contributed by atoms with Gasteiger partial charge in [0.2, 0.25) is 0 Å². The fraction of sp³-hybridized carbons (Fsp3) is 0.143. The van der Waals surface area contributed by atoms with Crippen molar-refractivity contribution in [3.8, 4) is 0 Å². The Hall–Kier alpha value is -0.980. The smallest absolute Gasteiger partial charge is 0.0264 e. The molecule has 0 heterocycles. The van der Waals surface area contributed by atoms with Crippen LogP contribution in [0, 0.1) is 0 Å². The molecular formula is C7H13N. The highest BCUT2D eigenvalue weighted by Gasteiger charge is 1.66. The van der Waals surface area contributed by atoms with Gasteiger partial charge in [-0.3, -0.25) is 0 Å². The van der Waals surface area contributed by atoms with Crippen molar-refractivity contribution in [2.24, 2.45) is 5.73 Å². The van der Waals surface area contributed by atoms with E-state index in [2.05, 4.69) is 19.7 Å². The van der Waals surface area contributed by atoms with Crippen LogP contribution in [0.5, 0.6) is 0 Å². The molecule has 0 aliphatic rings. The quantitative estimate of drug-likeness (QED) is 0.405. The summed E-state index contributed by atoms with van der Waals surface area (Å²) in [6.45, 7) is 11.3. The summed E-state index contributed by atoms with van der Waals surface area (Å²) in [5, 5.41) is 0. The molecule has 0 saturated heterocycles. The Morgan fingerprint density at radius 3 is 1.88 bits per heavy atom. The van der Waals surface area contributed by atoms with Gasteiger partial charge in [-0.15, -0.1) is 13.2 Å². The molecule has 1 nitrogen and oxygen atoms in total. The molecule has 0 spiro atoms. The molecular weight excluding hydrogens is 98.1 g/mol. The van der Waals surface area contributed by atoms with Crippen LogP contribution >= 0.6 is 0 Å². The Kier molecular flexibility index (Phi) is 11.8. The highest BCUT2D eigenvalue weighted by molar-refractivity contribution is 5.09. The van der Waals surface area contributed by atoms with E-state index in [4.69, 9.17) is 5.73 Å². The minimum Gasteiger partial charge on any atom is -0.399 e. The molecule has 0 aliphatic carbocycles. The molecule has 0 bridgehead atoms. The van der Waals surface area contributed by atoms with Crippen LogP contribution in [0.15, 0.2) is 37.6 Å². The molecule has 0 unspecified atom stereocenters. The van der Waals surface area contributed by atoms with E-state index in [0.717, 1.165) is 5.70 Å². The molecule has 2 N–H and O–H groups in total. The normalized spacial score (nSPS) is 8.88. The van der Waals surface area contributed by atoms with E-state index >= 15 is 0 Å². The van der Waals surface area contributed by atoms with Crippen LogP contribution in [0.3, 0.4) is 0 Å². The predicted octanol–water partition coefficient (Wildman–Crippen LogP) is 1.84. The topological polar surface area (TPSA) is 26.0 Å². The van der Waals surface area contributed by atoms with Gasteiger partial charge in [-0.25, -0.2) is 0 Å². The van der Waals surface area contributed by atoms with E-state index in [-0.39, 0.29) is 0 Å². The Bertz CT molecular complexity index is 82.4. The molecule has 0 saturated carbocycles. The van der Waals surface area contributed by atoms with Gasteiger partial charge in [0.05, 0.1) is 0 Å². The minimum atomic E-state index is 0.731. The van der Waals surface area contributed by atoms with Crippen molar-refractivity contribution >= 4 is 0 Å². The molecule has 0 fully saturated rings. The summed E-state index contributed by atoms with van der Waals surface area (Å²) in [4.78, 5) is 0. The zero-order valence-corrected chi connectivity index (χ0v) is 5.35. The van der Waals surface area contributed by atoms with Gasteiger partial charge in [0, 0.05) is 5.70 Å². The molecule has 0 amide bonds. The first kappa shape index (κ1) is 10.1. The molecule has 0 aromatic rings. The molecule has 1 heteroatoms. The lowest BCUT2D eigenvalue weighted by atomic mass is 10.4. The third-order valence-electron chi connectivity index (χ3n) is 0.569. The summed E-state index contributed by atoms with van der Waals surface area (Å²) < 4.78 is 0. The van der Waals surface area contributed by atoms with Gasteiger partial charge < -0.3 is 5.73 Å². The second-order valence-electron chi connectivity index (χ2n) is 0.993.